The molecule has 0 atom stereocenters. The number of nitrogens with one attached hydrogen (secondary N) is 2. The van der Waals surface area contributed by atoms with Crippen LogP contribution in [-0.4, -0.2) is 16.2 Å². The number of thioether (sulfide) groups is 1. The normalized spacial score (nSPS) is 10.7. The van der Waals surface area contributed by atoms with Crippen molar-refractivity contribution in [2.45, 2.75) is 18.4 Å². The number of anilines is 3. The van der Waals surface area contributed by atoms with Gasteiger partial charge >= 0.3 is 0 Å². The van der Waals surface area contributed by atoms with Crippen LogP contribution in [0.25, 0.3) is 11.4 Å². The molecule has 4 aromatic rings. The number of hydrogen-bond acceptors (Lipinski definition) is 5. The summed E-state index contributed by atoms with van der Waals surface area (Å²) < 4.78 is 0. The Kier molecular flexibility index (Phi) is 6.75. The van der Waals surface area contributed by atoms with Crippen LogP contribution in [0, 0.1) is 6.92 Å². The van der Waals surface area contributed by atoms with Crippen molar-refractivity contribution in [3.05, 3.63) is 95.1 Å². The molecule has 4 rings (SSSR count). The van der Waals surface area contributed by atoms with Crippen molar-refractivity contribution in [1.82, 2.24) is 9.97 Å². The minimum atomic E-state index is 0.607. The van der Waals surface area contributed by atoms with Crippen LogP contribution < -0.4 is 10.6 Å². The molecule has 4 nitrogen and oxygen atoms in total. The average Bonchev–Trinajstić information content (AvgIpc) is 2.81. The number of aromatic nitrogens is 2. The number of aryl methyl sites for hydroxylation is 1. The van der Waals surface area contributed by atoms with Gasteiger partial charge in [0.1, 0.15) is 5.82 Å². The van der Waals surface area contributed by atoms with E-state index < -0.39 is 0 Å². The van der Waals surface area contributed by atoms with E-state index in [9.17, 15) is 0 Å². The summed E-state index contributed by atoms with van der Waals surface area (Å²) in [6.45, 7) is 2.63. The first-order chi connectivity index (χ1) is 15.1. The second-order valence-electron chi connectivity index (χ2n) is 7.04. The van der Waals surface area contributed by atoms with E-state index >= 15 is 0 Å². The van der Waals surface area contributed by atoms with Crippen molar-refractivity contribution in [2.24, 2.45) is 0 Å². The summed E-state index contributed by atoms with van der Waals surface area (Å²) >= 11 is 7.78. The van der Waals surface area contributed by atoms with E-state index in [-0.39, 0.29) is 0 Å². The van der Waals surface area contributed by atoms with Crippen LogP contribution in [0.15, 0.2) is 83.8 Å². The van der Waals surface area contributed by atoms with Gasteiger partial charge in [-0.3, -0.25) is 0 Å². The van der Waals surface area contributed by atoms with Crippen LogP contribution in [0.4, 0.5) is 17.2 Å². The van der Waals surface area contributed by atoms with E-state index in [0.717, 1.165) is 34.0 Å². The van der Waals surface area contributed by atoms with E-state index in [2.05, 4.69) is 41.2 Å². The van der Waals surface area contributed by atoms with E-state index in [4.69, 9.17) is 21.6 Å². The lowest BCUT2D eigenvalue weighted by Gasteiger charge is -2.16. The topological polar surface area (TPSA) is 49.8 Å². The van der Waals surface area contributed by atoms with Crippen LogP contribution in [0.5, 0.6) is 0 Å². The van der Waals surface area contributed by atoms with Crippen LogP contribution in [0.1, 0.15) is 11.3 Å². The monoisotopic (exact) mass is 446 g/mol. The molecule has 0 aliphatic rings. The molecule has 0 amide bonds. The SMILES string of the molecule is CSc1ccc(NCc2c(C)nc(-c3ccccc3)nc2Nc2ccc(Cl)cc2)cc1. The van der Waals surface area contributed by atoms with Crippen LogP contribution in [0.3, 0.4) is 0 Å². The molecule has 6 heteroatoms. The molecule has 0 spiro atoms. The van der Waals surface area contributed by atoms with E-state index in [1.165, 1.54) is 4.90 Å². The summed E-state index contributed by atoms with van der Waals surface area (Å²) in [5.74, 6) is 1.48. The number of benzene rings is 3. The first kappa shape index (κ1) is 21.2. The molecule has 0 unspecified atom stereocenters. The van der Waals surface area contributed by atoms with Gasteiger partial charge in [0.15, 0.2) is 5.82 Å². The summed E-state index contributed by atoms with van der Waals surface area (Å²) in [5, 5.41) is 7.65. The average molecular weight is 447 g/mol. The van der Waals surface area contributed by atoms with E-state index in [1.54, 1.807) is 11.8 Å². The third kappa shape index (κ3) is 5.37. The van der Waals surface area contributed by atoms with Gasteiger partial charge in [-0.1, -0.05) is 41.9 Å². The molecular weight excluding hydrogens is 424 g/mol. The van der Waals surface area contributed by atoms with Gasteiger partial charge in [0, 0.05) is 44.7 Å². The lowest BCUT2D eigenvalue weighted by atomic mass is 10.1. The third-order valence-corrected chi connectivity index (χ3v) is 5.91. The minimum Gasteiger partial charge on any atom is -0.381 e. The smallest absolute Gasteiger partial charge is 0.161 e. The second-order valence-corrected chi connectivity index (χ2v) is 8.36. The summed E-state index contributed by atoms with van der Waals surface area (Å²) in [4.78, 5) is 10.9. The van der Waals surface area contributed by atoms with Crippen LogP contribution in [0.2, 0.25) is 5.02 Å². The van der Waals surface area contributed by atoms with Gasteiger partial charge in [0.25, 0.3) is 0 Å². The van der Waals surface area contributed by atoms with Crippen molar-refractivity contribution in [3.63, 3.8) is 0 Å². The highest BCUT2D eigenvalue weighted by Gasteiger charge is 2.13. The molecule has 0 aliphatic heterocycles. The zero-order valence-electron chi connectivity index (χ0n) is 17.4. The van der Waals surface area contributed by atoms with Gasteiger partial charge in [-0.25, -0.2) is 9.97 Å². The Morgan fingerprint density at radius 1 is 0.839 bits per heavy atom. The molecule has 3 aromatic carbocycles. The van der Waals surface area contributed by atoms with E-state index in [1.807, 2.05) is 61.5 Å². The summed E-state index contributed by atoms with van der Waals surface area (Å²) in [6.07, 6.45) is 2.08. The maximum absolute atomic E-state index is 6.05. The Labute approximate surface area is 192 Å². The van der Waals surface area contributed by atoms with Crippen molar-refractivity contribution in [1.29, 1.82) is 0 Å². The lowest BCUT2D eigenvalue weighted by Crippen LogP contribution is -2.10. The fourth-order valence-corrected chi connectivity index (χ4v) is 3.73. The molecule has 1 aromatic heterocycles. The van der Waals surface area contributed by atoms with Crippen molar-refractivity contribution < 1.29 is 0 Å². The number of hydrogen-bond donors (Lipinski definition) is 2. The minimum absolute atomic E-state index is 0.607. The molecular formula is C25H23ClN4S. The Hall–Kier alpha value is -3.02. The first-order valence-corrected chi connectivity index (χ1v) is 11.6. The number of nitrogens with zero attached hydrogens (tertiary/aromatic N) is 2. The molecule has 0 aliphatic carbocycles. The fraction of sp³-hybridized carbons (Fsp3) is 0.120. The Balaban J connectivity index is 1.66. The second kappa shape index (κ2) is 9.86. The van der Waals surface area contributed by atoms with Crippen LogP contribution >= 0.6 is 23.4 Å². The van der Waals surface area contributed by atoms with Crippen molar-refractivity contribution in [3.8, 4) is 11.4 Å². The zero-order chi connectivity index (χ0) is 21.6. The quantitative estimate of drug-likeness (QED) is 0.294. The first-order valence-electron chi connectivity index (χ1n) is 9.96. The maximum Gasteiger partial charge on any atom is 0.161 e. The Morgan fingerprint density at radius 2 is 1.52 bits per heavy atom. The molecule has 0 saturated heterocycles. The molecule has 1 heterocycles. The Morgan fingerprint density at radius 3 is 2.19 bits per heavy atom. The highest BCUT2D eigenvalue weighted by Crippen LogP contribution is 2.27. The Bertz CT molecular complexity index is 1150. The predicted octanol–water partition coefficient (Wildman–Crippen LogP) is 7.18. The van der Waals surface area contributed by atoms with Gasteiger partial charge in [0.2, 0.25) is 0 Å². The summed E-state index contributed by atoms with van der Waals surface area (Å²) in [7, 11) is 0. The summed E-state index contributed by atoms with van der Waals surface area (Å²) in [6, 6.07) is 26.0. The van der Waals surface area contributed by atoms with Crippen molar-refractivity contribution >= 4 is 40.6 Å². The van der Waals surface area contributed by atoms with Gasteiger partial charge < -0.3 is 10.6 Å². The fourth-order valence-electron chi connectivity index (χ4n) is 3.20. The van der Waals surface area contributed by atoms with Crippen molar-refractivity contribution in [2.75, 3.05) is 16.9 Å². The largest absolute Gasteiger partial charge is 0.381 e. The lowest BCUT2D eigenvalue weighted by molar-refractivity contribution is 1.01. The van der Waals surface area contributed by atoms with Crippen LogP contribution in [-0.2, 0) is 6.54 Å². The zero-order valence-corrected chi connectivity index (χ0v) is 19.0. The maximum atomic E-state index is 6.05. The molecule has 156 valence electrons. The number of halogens is 1. The standard InChI is InChI=1S/C25H23ClN4S/c1-17-23(16-27-20-12-14-22(31-2)15-13-20)25(29-21-10-8-19(26)9-11-21)30-24(28-17)18-6-4-3-5-7-18/h3-15,27H,16H2,1-2H3,(H,28,29,30). The third-order valence-electron chi connectivity index (χ3n) is 4.91. The van der Waals surface area contributed by atoms with E-state index in [0.29, 0.717) is 17.4 Å². The van der Waals surface area contributed by atoms with Gasteiger partial charge in [0.05, 0.1) is 0 Å². The van der Waals surface area contributed by atoms with Gasteiger partial charge in [-0.15, -0.1) is 11.8 Å². The van der Waals surface area contributed by atoms with Gasteiger partial charge in [-0.05, 0) is 61.7 Å². The summed E-state index contributed by atoms with van der Waals surface area (Å²) in [5.41, 5.74) is 4.91. The molecule has 2 N–H and O–H groups in total. The number of rotatable bonds is 7. The highest BCUT2D eigenvalue weighted by atomic mass is 35.5. The molecule has 0 fully saturated rings. The van der Waals surface area contributed by atoms with Gasteiger partial charge in [-0.2, -0.15) is 0 Å². The molecule has 31 heavy (non-hydrogen) atoms. The molecule has 0 bridgehead atoms. The molecule has 0 saturated carbocycles. The predicted molar refractivity (Wildman–Crippen MR) is 132 cm³/mol. The molecule has 0 radical (unpaired) electrons. The highest BCUT2D eigenvalue weighted by molar-refractivity contribution is 7.98.